The number of methoxy groups -OCH3 is 2. The number of hydrogen-bond acceptors (Lipinski definition) is 8. The quantitative estimate of drug-likeness (QED) is 0.188. The number of fused-ring (bicyclic) bond motifs is 1. The SMILES string of the molecule is C=CC(=O)Cc1cc(N2CCN(CC)CC2)cc(C)c1Nc1cc2cnc(-c3c(Cl)c(OC)cc(OC)c3Cl)cc2cn1. The lowest BCUT2D eigenvalue weighted by Gasteiger charge is -2.36. The molecular formula is C33H35Cl2N5O3. The fourth-order valence-corrected chi connectivity index (χ4v) is 6.10. The molecule has 0 unspecified atom stereocenters. The van der Waals surface area contributed by atoms with E-state index < -0.39 is 0 Å². The zero-order valence-electron chi connectivity index (χ0n) is 24.8. The van der Waals surface area contributed by atoms with Gasteiger partial charge >= 0.3 is 0 Å². The van der Waals surface area contributed by atoms with E-state index in [0.717, 1.165) is 66.0 Å². The van der Waals surface area contributed by atoms with Crippen molar-refractivity contribution in [2.45, 2.75) is 20.3 Å². The monoisotopic (exact) mass is 619 g/mol. The number of pyridine rings is 2. The summed E-state index contributed by atoms with van der Waals surface area (Å²) in [4.78, 5) is 26.7. The molecule has 1 aliphatic rings. The molecule has 0 atom stereocenters. The van der Waals surface area contributed by atoms with Gasteiger partial charge in [-0.05, 0) is 54.9 Å². The standard InChI is InChI=1S/C33H35Cl2N5O3/c1-6-25(41)14-21-13-24(40-10-8-39(7-2)9-11-40)12-20(3)33(21)38-29-16-23-18-36-26(15-22(23)19-37-29)30-31(34)27(42-4)17-28(43-5)32(30)35/h6,12-13,15-19H,1,7-11,14H2,2-5H3,(H,37,38). The Balaban J connectivity index is 1.47. The number of carbonyl (C=O) groups is 1. The summed E-state index contributed by atoms with van der Waals surface area (Å²) in [5.41, 5.74) is 5.02. The van der Waals surface area contributed by atoms with Crippen LogP contribution < -0.4 is 19.7 Å². The maximum absolute atomic E-state index is 12.5. The van der Waals surface area contributed by atoms with Gasteiger partial charge in [0.05, 0.1) is 30.0 Å². The summed E-state index contributed by atoms with van der Waals surface area (Å²) >= 11 is 13.3. The molecule has 8 nitrogen and oxygen atoms in total. The lowest BCUT2D eigenvalue weighted by atomic mass is 10.0. The lowest BCUT2D eigenvalue weighted by molar-refractivity contribution is -0.114. The minimum absolute atomic E-state index is 0.0369. The molecule has 0 radical (unpaired) electrons. The molecule has 1 saturated heterocycles. The average molecular weight is 621 g/mol. The van der Waals surface area contributed by atoms with Crippen molar-refractivity contribution in [3.05, 3.63) is 76.6 Å². The van der Waals surface area contributed by atoms with Crippen LogP contribution >= 0.6 is 23.2 Å². The van der Waals surface area contributed by atoms with Crippen molar-refractivity contribution < 1.29 is 14.3 Å². The average Bonchev–Trinajstić information content (AvgIpc) is 3.02. The summed E-state index contributed by atoms with van der Waals surface area (Å²) in [6.07, 6.45) is 5.15. The number of halogens is 2. The fraction of sp³-hybridized carbons (Fsp3) is 0.303. The van der Waals surface area contributed by atoms with E-state index in [1.807, 2.05) is 12.1 Å². The Kier molecular flexibility index (Phi) is 9.40. The van der Waals surface area contributed by atoms with Crippen molar-refractivity contribution in [3.8, 4) is 22.8 Å². The molecule has 5 rings (SSSR count). The topological polar surface area (TPSA) is 79.8 Å². The van der Waals surface area contributed by atoms with Gasteiger partial charge in [-0.2, -0.15) is 0 Å². The molecule has 2 aromatic carbocycles. The number of benzene rings is 2. The third-order valence-corrected chi connectivity index (χ3v) is 8.62. The highest BCUT2D eigenvalue weighted by molar-refractivity contribution is 6.41. The Morgan fingerprint density at radius 3 is 2.26 bits per heavy atom. The van der Waals surface area contributed by atoms with Gasteiger partial charge in [0.2, 0.25) is 0 Å². The van der Waals surface area contributed by atoms with Gasteiger partial charge in [-0.25, -0.2) is 4.98 Å². The molecule has 224 valence electrons. The van der Waals surface area contributed by atoms with E-state index >= 15 is 0 Å². The summed E-state index contributed by atoms with van der Waals surface area (Å²) in [5.74, 6) is 1.48. The second kappa shape index (κ2) is 13.2. The van der Waals surface area contributed by atoms with Gasteiger partial charge in [-0.15, -0.1) is 0 Å². The van der Waals surface area contributed by atoms with Crippen molar-refractivity contribution in [2.24, 2.45) is 0 Å². The number of anilines is 3. The van der Waals surface area contributed by atoms with E-state index in [0.29, 0.717) is 38.6 Å². The maximum Gasteiger partial charge on any atom is 0.159 e. The van der Waals surface area contributed by atoms with E-state index in [9.17, 15) is 4.79 Å². The van der Waals surface area contributed by atoms with Crippen molar-refractivity contribution >= 4 is 57.0 Å². The number of likely N-dealkylation sites (N-methyl/N-ethyl adjacent to an activating group) is 1. The van der Waals surface area contributed by atoms with Crippen LogP contribution in [0.3, 0.4) is 0 Å². The molecular weight excluding hydrogens is 585 g/mol. The van der Waals surface area contributed by atoms with Crippen LogP contribution in [-0.4, -0.2) is 67.6 Å². The fourth-order valence-electron chi connectivity index (χ4n) is 5.40. The van der Waals surface area contributed by atoms with Crippen molar-refractivity contribution in [3.63, 3.8) is 0 Å². The summed E-state index contributed by atoms with van der Waals surface area (Å²) in [6, 6.07) is 9.74. The van der Waals surface area contributed by atoms with Crippen LogP contribution in [0.25, 0.3) is 22.0 Å². The minimum atomic E-state index is -0.0369. The second-order valence-corrected chi connectivity index (χ2v) is 11.2. The largest absolute Gasteiger partial charge is 0.495 e. The molecule has 3 heterocycles. The predicted molar refractivity (Wildman–Crippen MR) is 176 cm³/mol. The molecule has 0 aliphatic carbocycles. The van der Waals surface area contributed by atoms with E-state index in [2.05, 4.69) is 57.6 Å². The number of allylic oxidation sites excluding steroid dienone is 1. The minimum Gasteiger partial charge on any atom is -0.495 e. The Bertz CT molecular complexity index is 1660. The van der Waals surface area contributed by atoms with Gasteiger partial charge in [-0.3, -0.25) is 9.78 Å². The molecule has 0 spiro atoms. The highest BCUT2D eigenvalue weighted by Gasteiger charge is 2.21. The van der Waals surface area contributed by atoms with Gasteiger partial charge in [0, 0.05) is 78.8 Å². The molecule has 4 aromatic rings. The van der Waals surface area contributed by atoms with E-state index in [4.69, 9.17) is 32.7 Å². The Hall–Kier alpha value is -3.85. The molecule has 1 N–H and O–H groups in total. The first kappa shape index (κ1) is 30.6. The van der Waals surface area contributed by atoms with Gasteiger partial charge < -0.3 is 24.6 Å². The molecule has 2 aromatic heterocycles. The van der Waals surface area contributed by atoms with Crippen LogP contribution in [0.2, 0.25) is 10.0 Å². The van der Waals surface area contributed by atoms with Crippen LogP contribution in [0, 0.1) is 6.92 Å². The second-order valence-electron chi connectivity index (χ2n) is 10.5. The number of aromatic nitrogens is 2. The molecule has 43 heavy (non-hydrogen) atoms. The van der Waals surface area contributed by atoms with Crippen molar-refractivity contribution in [1.29, 1.82) is 0 Å². The predicted octanol–water partition coefficient (Wildman–Crippen LogP) is 7.11. The van der Waals surface area contributed by atoms with Gasteiger partial charge in [0.1, 0.15) is 17.3 Å². The summed E-state index contributed by atoms with van der Waals surface area (Å²) in [5, 5.41) is 5.89. The number of aryl methyl sites for hydroxylation is 1. The first-order chi connectivity index (χ1) is 20.8. The molecule has 1 fully saturated rings. The Labute approximate surface area is 262 Å². The number of nitrogens with one attached hydrogen (secondary N) is 1. The number of ketones is 1. The van der Waals surface area contributed by atoms with Crippen LogP contribution in [0.1, 0.15) is 18.1 Å². The zero-order valence-corrected chi connectivity index (χ0v) is 26.3. The first-order valence-corrected chi connectivity index (χ1v) is 14.9. The third kappa shape index (κ3) is 6.42. The number of carbonyl (C=O) groups excluding carboxylic acids is 1. The maximum atomic E-state index is 12.5. The number of hydrogen-bond donors (Lipinski definition) is 1. The normalized spacial score (nSPS) is 13.7. The van der Waals surface area contributed by atoms with E-state index in [1.54, 1.807) is 18.5 Å². The molecule has 1 aliphatic heterocycles. The number of rotatable bonds is 10. The van der Waals surface area contributed by atoms with E-state index in [1.165, 1.54) is 20.3 Å². The lowest BCUT2D eigenvalue weighted by Crippen LogP contribution is -2.46. The van der Waals surface area contributed by atoms with Gasteiger partial charge in [0.25, 0.3) is 0 Å². The summed E-state index contributed by atoms with van der Waals surface area (Å²) in [7, 11) is 3.07. The van der Waals surface area contributed by atoms with Crippen LogP contribution in [-0.2, 0) is 11.2 Å². The smallest absolute Gasteiger partial charge is 0.159 e. The molecule has 10 heteroatoms. The highest BCUT2D eigenvalue weighted by Crippen LogP contribution is 2.45. The van der Waals surface area contributed by atoms with Gasteiger partial charge in [-0.1, -0.05) is 36.7 Å². The highest BCUT2D eigenvalue weighted by atomic mass is 35.5. The van der Waals surface area contributed by atoms with Crippen LogP contribution in [0.5, 0.6) is 11.5 Å². The number of nitrogens with zero attached hydrogens (tertiary/aromatic N) is 4. The van der Waals surface area contributed by atoms with Gasteiger partial charge in [0.15, 0.2) is 5.78 Å². The summed E-state index contributed by atoms with van der Waals surface area (Å²) < 4.78 is 10.8. The van der Waals surface area contributed by atoms with Crippen molar-refractivity contribution in [1.82, 2.24) is 14.9 Å². The number of ether oxygens (including phenoxy) is 2. The Morgan fingerprint density at radius 1 is 0.977 bits per heavy atom. The molecule has 0 bridgehead atoms. The van der Waals surface area contributed by atoms with Crippen LogP contribution in [0.15, 0.2) is 55.4 Å². The molecule has 0 saturated carbocycles. The molecule has 0 amide bonds. The Morgan fingerprint density at radius 2 is 1.63 bits per heavy atom. The zero-order chi connectivity index (χ0) is 30.7. The first-order valence-electron chi connectivity index (χ1n) is 14.2. The van der Waals surface area contributed by atoms with E-state index in [-0.39, 0.29) is 12.2 Å². The van der Waals surface area contributed by atoms with Crippen molar-refractivity contribution in [2.75, 3.05) is 57.2 Å². The van der Waals surface area contributed by atoms with Crippen LogP contribution in [0.4, 0.5) is 17.2 Å². The number of piperazine rings is 1. The summed E-state index contributed by atoms with van der Waals surface area (Å²) in [6.45, 7) is 12.9. The third-order valence-electron chi connectivity index (χ3n) is 7.87.